The van der Waals surface area contributed by atoms with E-state index < -0.39 is 0 Å². The van der Waals surface area contributed by atoms with Gasteiger partial charge in [0.05, 0.1) is 6.10 Å². The zero-order valence-corrected chi connectivity index (χ0v) is 27.8. The molecule has 0 unspecified atom stereocenters. The molecule has 0 saturated heterocycles. The van der Waals surface area contributed by atoms with Crippen LogP contribution in [0.4, 0.5) is 0 Å². The zero-order valence-electron chi connectivity index (χ0n) is 27.8. The standard InChI is InChI=1S/C40H58O/c1-30(18-13-20-32(3)23-25-37-34(5)22-15-27-39(37,7)8)16-11-12-17-31(2)19-14-21-33(4)24-26-38-35(6)28-36(41)29-40(38,9)10/h11-14,16-21,23-26,35-36,38,41H,15,22,27-29H2,1-10H3/b12-11+,18-13+,19-14+,25-23+,26-24+,30-16+,31-17+,32-20+,33-21+/t35-,36-,38+/m0/s1. The predicted molar refractivity (Wildman–Crippen MR) is 183 cm³/mol. The monoisotopic (exact) mass is 554 g/mol. The van der Waals surface area contributed by atoms with Gasteiger partial charge in [-0.2, -0.15) is 0 Å². The maximum atomic E-state index is 10.1. The van der Waals surface area contributed by atoms with Crippen LogP contribution in [0.1, 0.15) is 101 Å². The Labute approximate surface area is 253 Å². The molecule has 0 bridgehead atoms. The summed E-state index contributed by atoms with van der Waals surface area (Å²) in [6.07, 6.45) is 36.0. The summed E-state index contributed by atoms with van der Waals surface area (Å²) in [5.74, 6) is 0.997. The van der Waals surface area contributed by atoms with Gasteiger partial charge in [0.2, 0.25) is 0 Å². The van der Waals surface area contributed by atoms with Crippen LogP contribution in [-0.2, 0) is 0 Å². The lowest BCUT2D eigenvalue weighted by molar-refractivity contribution is 0.00772. The molecule has 1 N–H and O–H groups in total. The second-order valence-corrected chi connectivity index (χ2v) is 14.0. The molecule has 1 fully saturated rings. The van der Waals surface area contributed by atoms with Crippen molar-refractivity contribution in [3.8, 4) is 0 Å². The van der Waals surface area contributed by atoms with Gasteiger partial charge in [0, 0.05) is 0 Å². The van der Waals surface area contributed by atoms with E-state index >= 15 is 0 Å². The van der Waals surface area contributed by atoms with Gasteiger partial charge in [-0.25, -0.2) is 0 Å². The fourth-order valence-electron chi connectivity index (χ4n) is 6.44. The van der Waals surface area contributed by atoms with Crippen LogP contribution >= 0.6 is 0 Å². The molecule has 1 saturated carbocycles. The number of aliphatic hydroxyl groups excluding tert-OH is 1. The Kier molecular flexibility index (Phi) is 13.6. The van der Waals surface area contributed by atoms with Crippen molar-refractivity contribution in [3.05, 3.63) is 119 Å². The molecule has 2 aliphatic carbocycles. The fourth-order valence-corrected chi connectivity index (χ4v) is 6.44. The smallest absolute Gasteiger partial charge is 0.0548 e. The molecule has 2 rings (SSSR count). The highest BCUT2D eigenvalue weighted by atomic mass is 16.3. The number of aliphatic hydroxyl groups is 1. The van der Waals surface area contributed by atoms with Gasteiger partial charge in [-0.1, -0.05) is 148 Å². The Morgan fingerprint density at radius 2 is 1.27 bits per heavy atom. The molecule has 3 atom stereocenters. The van der Waals surface area contributed by atoms with Crippen LogP contribution in [-0.4, -0.2) is 11.2 Å². The summed E-state index contributed by atoms with van der Waals surface area (Å²) in [4.78, 5) is 0. The Bertz CT molecular complexity index is 1180. The lowest BCUT2D eigenvalue weighted by Crippen LogP contribution is -2.38. The number of hydrogen-bond donors (Lipinski definition) is 1. The minimum absolute atomic E-state index is 0.133. The largest absolute Gasteiger partial charge is 0.393 e. The summed E-state index contributed by atoms with van der Waals surface area (Å²) < 4.78 is 0. The molecule has 1 heteroatoms. The van der Waals surface area contributed by atoms with Crippen molar-refractivity contribution in [2.45, 2.75) is 107 Å². The SMILES string of the molecule is CC1=C(/C=C/C(C)=C/C=C/C(C)=C/C=C/C=C(C)/C=C/C=C(C)/C=C/[C@@H]2[C@@H](C)C[C@H](O)CC2(C)C)C(C)(C)CCC1. The van der Waals surface area contributed by atoms with Crippen LogP contribution in [0.5, 0.6) is 0 Å². The van der Waals surface area contributed by atoms with E-state index in [2.05, 4.69) is 154 Å². The first-order chi connectivity index (χ1) is 19.2. The van der Waals surface area contributed by atoms with E-state index in [-0.39, 0.29) is 16.9 Å². The third-order valence-electron chi connectivity index (χ3n) is 8.81. The third kappa shape index (κ3) is 12.0. The second-order valence-electron chi connectivity index (χ2n) is 14.0. The quantitative estimate of drug-likeness (QED) is 0.266. The van der Waals surface area contributed by atoms with E-state index in [9.17, 15) is 5.11 Å². The molecule has 224 valence electrons. The summed E-state index contributed by atoms with van der Waals surface area (Å²) in [5, 5.41) is 10.1. The average molecular weight is 555 g/mol. The van der Waals surface area contributed by atoms with Crippen LogP contribution in [0.15, 0.2) is 119 Å². The van der Waals surface area contributed by atoms with Crippen LogP contribution in [0, 0.1) is 22.7 Å². The maximum Gasteiger partial charge on any atom is 0.0548 e. The van der Waals surface area contributed by atoms with Gasteiger partial charge in [0.25, 0.3) is 0 Å². The van der Waals surface area contributed by atoms with Gasteiger partial charge in [-0.3, -0.25) is 0 Å². The van der Waals surface area contributed by atoms with Crippen LogP contribution < -0.4 is 0 Å². The van der Waals surface area contributed by atoms with Crippen LogP contribution in [0.2, 0.25) is 0 Å². The highest BCUT2D eigenvalue weighted by molar-refractivity contribution is 5.37. The molecule has 0 spiro atoms. The molecule has 0 aromatic carbocycles. The first kappa shape index (κ1) is 34.6. The van der Waals surface area contributed by atoms with Crippen LogP contribution in [0.3, 0.4) is 0 Å². The molecular weight excluding hydrogens is 496 g/mol. The van der Waals surface area contributed by atoms with Crippen molar-refractivity contribution < 1.29 is 5.11 Å². The van der Waals surface area contributed by atoms with E-state index in [1.807, 2.05) is 0 Å². The molecule has 2 aliphatic rings. The van der Waals surface area contributed by atoms with E-state index in [0.717, 1.165) is 12.8 Å². The molecule has 0 heterocycles. The van der Waals surface area contributed by atoms with Gasteiger partial charge in [0.15, 0.2) is 0 Å². The zero-order chi connectivity index (χ0) is 30.6. The normalized spacial score (nSPS) is 27.0. The Hall–Kier alpha value is -2.64. The molecule has 41 heavy (non-hydrogen) atoms. The van der Waals surface area contributed by atoms with E-state index in [1.165, 1.54) is 47.1 Å². The van der Waals surface area contributed by atoms with E-state index in [4.69, 9.17) is 0 Å². The first-order valence-electron chi connectivity index (χ1n) is 15.7. The van der Waals surface area contributed by atoms with Crippen molar-refractivity contribution in [2.24, 2.45) is 22.7 Å². The first-order valence-corrected chi connectivity index (χ1v) is 15.7. The Morgan fingerprint density at radius 1 is 0.756 bits per heavy atom. The lowest BCUT2D eigenvalue weighted by Gasteiger charge is -2.43. The summed E-state index contributed by atoms with van der Waals surface area (Å²) in [6.45, 7) is 22.4. The highest BCUT2D eigenvalue weighted by Gasteiger charge is 2.38. The van der Waals surface area contributed by atoms with Gasteiger partial charge in [-0.15, -0.1) is 0 Å². The molecule has 0 aromatic rings. The van der Waals surface area contributed by atoms with Crippen molar-refractivity contribution in [1.82, 2.24) is 0 Å². The Balaban J connectivity index is 1.87. The maximum absolute atomic E-state index is 10.1. The third-order valence-corrected chi connectivity index (χ3v) is 8.81. The second kappa shape index (κ2) is 16.1. The van der Waals surface area contributed by atoms with Gasteiger partial charge < -0.3 is 5.11 Å². The summed E-state index contributed by atoms with van der Waals surface area (Å²) >= 11 is 0. The highest BCUT2D eigenvalue weighted by Crippen LogP contribution is 2.45. The summed E-state index contributed by atoms with van der Waals surface area (Å²) in [7, 11) is 0. The van der Waals surface area contributed by atoms with Crippen molar-refractivity contribution in [2.75, 3.05) is 0 Å². The molecule has 0 aromatic heterocycles. The molecule has 0 aliphatic heterocycles. The van der Waals surface area contributed by atoms with Gasteiger partial charge in [0.1, 0.15) is 0 Å². The lowest BCUT2D eigenvalue weighted by atomic mass is 9.63. The average Bonchev–Trinajstić information content (AvgIpc) is 2.84. The minimum atomic E-state index is -0.163. The van der Waals surface area contributed by atoms with E-state index in [1.54, 1.807) is 5.57 Å². The molecule has 0 radical (unpaired) electrons. The van der Waals surface area contributed by atoms with Gasteiger partial charge >= 0.3 is 0 Å². The predicted octanol–water partition coefficient (Wildman–Crippen LogP) is 11.5. The number of rotatable bonds is 10. The molecule has 1 nitrogen and oxygen atoms in total. The molecule has 0 amide bonds. The van der Waals surface area contributed by atoms with Crippen LogP contribution in [0.25, 0.3) is 0 Å². The topological polar surface area (TPSA) is 20.2 Å². The summed E-state index contributed by atoms with van der Waals surface area (Å²) in [5.41, 5.74) is 8.42. The van der Waals surface area contributed by atoms with Crippen molar-refractivity contribution in [3.63, 3.8) is 0 Å². The fraction of sp³-hybridized carbons (Fsp3) is 0.500. The summed E-state index contributed by atoms with van der Waals surface area (Å²) in [6, 6.07) is 0. The van der Waals surface area contributed by atoms with Gasteiger partial charge in [-0.05, 0) is 95.0 Å². The molecular formula is C40H58O. The number of hydrogen-bond acceptors (Lipinski definition) is 1. The number of allylic oxidation sites excluding steroid dienone is 20. The van der Waals surface area contributed by atoms with Crippen molar-refractivity contribution in [1.29, 1.82) is 0 Å². The van der Waals surface area contributed by atoms with E-state index in [0.29, 0.717) is 11.8 Å². The Morgan fingerprint density at radius 3 is 1.80 bits per heavy atom. The minimum Gasteiger partial charge on any atom is -0.393 e. The van der Waals surface area contributed by atoms with Crippen molar-refractivity contribution >= 4 is 0 Å².